The number of carbonyl (C=O) groups is 5. The van der Waals surface area contributed by atoms with Crippen LogP contribution < -0.4 is 21.7 Å². The van der Waals surface area contributed by atoms with Gasteiger partial charge in [-0.05, 0) is 6.92 Å². The summed E-state index contributed by atoms with van der Waals surface area (Å²) in [4.78, 5) is 57.4. The van der Waals surface area contributed by atoms with E-state index in [-0.39, 0.29) is 0 Å². The van der Waals surface area contributed by atoms with Gasteiger partial charge in [-0.3, -0.25) is 19.2 Å². The Hall–Kier alpha value is -2.81. The van der Waals surface area contributed by atoms with Crippen LogP contribution in [0.25, 0.3) is 0 Å². The molecule has 0 radical (unpaired) electrons. The van der Waals surface area contributed by atoms with Gasteiger partial charge in [0.2, 0.25) is 17.7 Å². The zero-order valence-corrected chi connectivity index (χ0v) is 14.9. The van der Waals surface area contributed by atoms with Crippen LogP contribution in [0.3, 0.4) is 0 Å². The minimum Gasteiger partial charge on any atom is -0.481 e. The van der Waals surface area contributed by atoms with Crippen molar-refractivity contribution in [1.29, 1.82) is 0 Å². The Kier molecular flexibility index (Phi) is 10.6. The van der Waals surface area contributed by atoms with Crippen molar-refractivity contribution in [3.8, 4) is 0 Å². The van der Waals surface area contributed by atoms with E-state index in [9.17, 15) is 39.3 Å². The Bertz CT molecular complexity index is 597. The molecule has 0 aromatic carbocycles. The van der Waals surface area contributed by atoms with Crippen molar-refractivity contribution in [3.63, 3.8) is 0 Å². The monoisotopic (exact) mass is 408 g/mol. The quantitative estimate of drug-likeness (QED) is 0.147. The average Bonchev–Trinajstić information content (AvgIpc) is 2.61. The zero-order valence-electron chi connectivity index (χ0n) is 14.9. The van der Waals surface area contributed by atoms with Crippen LogP contribution in [0.5, 0.6) is 0 Å². The van der Waals surface area contributed by atoms with Crippen molar-refractivity contribution < 1.29 is 49.5 Å². The molecule has 0 heterocycles. The fourth-order valence-electron chi connectivity index (χ4n) is 1.79. The number of aliphatic carboxylic acids is 2. The highest BCUT2D eigenvalue weighted by Gasteiger charge is 2.31. The zero-order chi connectivity index (χ0) is 22.0. The Balaban J connectivity index is 5.02. The number of amides is 3. The van der Waals surface area contributed by atoms with E-state index in [2.05, 4.69) is 0 Å². The molecule has 0 aliphatic rings. The first-order chi connectivity index (χ1) is 12.9. The largest absolute Gasteiger partial charge is 0.481 e. The molecule has 10 N–H and O–H groups in total. The number of hydrogen-bond acceptors (Lipinski definition) is 9. The molecule has 0 aromatic heterocycles. The topological polar surface area (TPSA) is 249 Å². The van der Waals surface area contributed by atoms with Gasteiger partial charge in [0.25, 0.3) is 0 Å². The number of nitrogens with one attached hydrogen (secondary N) is 3. The van der Waals surface area contributed by atoms with Crippen molar-refractivity contribution in [2.24, 2.45) is 5.73 Å². The molecule has 3 amide bonds. The molecule has 0 aliphatic carbocycles. The second-order valence-corrected chi connectivity index (χ2v) is 5.75. The average molecular weight is 408 g/mol. The highest BCUT2D eigenvalue weighted by molar-refractivity contribution is 5.94. The summed E-state index contributed by atoms with van der Waals surface area (Å²) in [5, 5.41) is 51.1. The summed E-state index contributed by atoms with van der Waals surface area (Å²) >= 11 is 0. The molecule has 28 heavy (non-hydrogen) atoms. The number of carboxylic acids is 2. The molecule has 14 nitrogen and oxygen atoms in total. The van der Waals surface area contributed by atoms with Crippen LogP contribution in [0.4, 0.5) is 0 Å². The van der Waals surface area contributed by atoms with Gasteiger partial charge in [-0.15, -0.1) is 0 Å². The predicted octanol–water partition coefficient (Wildman–Crippen LogP) is -5.31. The predicted molar refractivity (Wildman–Crippen MR) is 89.5 cm³/mol. The lowest BCUT2D eigenvalue weighted by molar-refractivity contribution is -0.147. The fraction of sp³-hybridized carbons (Fsp3) is 0.643. The number of rotatable bonds is 12. The lowest BCUT2D eigenvalue weighted by Gasteiger charge is -2.23. The second kappa shape index (κ2) is 11.8. The van der Waals surface area contributed by atoms with Gasteiger partial charge in [0, 0.05) is 0 Å². The highest BCUT2D eigenvalue weighted by atomic mass is 16.4. The third kappa shape index (κ3) is 8.26. The summed E-state index contributed by atoms with van der Waals surface area (Å²) in [5.41, 5.74) is 5.38. The third-order valence-electron chi connectivity index (χ3n) is 3.45. The normalized spacial score (nSPS) is 16.0. The Labute approximate surface area is 158 Å². The standard InChI is InChI=1S/C14H24N4O10/c1-5(21)10(15)13(26)18-8(4-20)12(25)17-7(3-19)11(24)16-6(14(27)28)2-9(22)23/h5-8,10,19-21H,2-4,15H2,1H3,(H,16,24)(H,17,25)(H,18,26)(H,22,23)(H,27,28). The van der Waals surface area contributed by atoms with Crippen LogP contribution in [0.1, 0.15) is 13.3 Å². The van der Waals surface area contributed by atoms with Crippen molar-refractivity contribution in [3.05, 3.63) is 0 Å². The lowest BCUT2D eigenvalue weighted by atomic mass is 10.1. The molecule has 0 saturated carbocycles. The van der Waals surface area contributed by atoms with Crippen LogP contribution >= 0.6 is 0 Å². The third-order valence-corrected chi connectivity index (χ3v) is 3.45. The maximum Gasteiger partial charge on any atom is 0.326 e. The molecule has 0 aromatic rings. The first-order valence-corrected chi connectivity index (χ1v) is 7.95. The number of nitrogens with two attached hydrogens (primary N) is 1. The Morgan fingerprint density at radius 3 is 1.54 bits per heavy atom. The van der Waals surface area contributed by atoms with Crippen molar-refractivity contribution in [2.45, 2.75) is 43.6 Å². The van der Waals surface area contributed by atoms with E-state index in [0.29, 0.717) is 0 Å². The molecule has 0 aliphatic heterocycles. The first-order valence-electron chi connectivity index (χ1n) is 7.95. The molecular weight excluding hydrogens is 384 g/mol. The maximum atomic E-state index is 12.1. The molecule has 5 atom stereocenters. The van der Waals surface area contributed by atoms with Gasteiger partial charge in [-0.2, -0.15) is 0 Å². The summed E-state index contributed by atoms with van der Waals surface area (Å²) in [7, 11) is 0. The molecule has 5 unspecified atom stereocenters. The van der Waals surface area contributed by atoms with Crippen molar-refractivity contribution >= 4 is 29.7 Å². The van der Waals surface area contributed by atoms with E-state index in [1.54, 1.807) is 0 Å². The molecule has 0 rings (SSSR count). The summed E-state index contributed by atoms with van der Waals surface area (Å²) in [6.07, 6.45) is -2.19. The number of aliphatic hydroxyl groups is 3. The number of carbonyl (C=O) groups excluding carboxylic acids is 3. The summed E-state index contributed by atoms with van der Waals surface area (Å²) in [6.45, 7) is -0.683. The van der Waals surface area contributed by atoms with Gasteiger partial charge in [0.15, 0.2) is 0 Å². The summed E-state index contributed by atoms with van der Waals surface area (Å²) < 4.78 is 0. The molecule has 160 valence electrons. The summed E-state index contributed by atoms with van der Waals surface area (Å²) in [6, 6.07) is -6.49. The van der Waals surface area contributed by atoms with Crippen LogP contribution in [-0.2, 0) is 24.0 Å². The second-order valence-electron chi connectivity index (χ2n) is 5.75. The van der Waals surface area contributed by atoms with E-state index in [0.717, 1.165) is 0 Å². The minimum atomic E-state index is -1.81. The molecule has 0 fully saturated rings. The minimum absolute atomic E-state index is 0.916. The van der Waals surface area contributed by atoms with Crippen LogP contribution in [0.15, 0.2) is 0 Å². The molecule has 14 heteroatoms. The van der Waals surface area contributed by atoms with E-state index < -0.39 is 79.6 Å². The van der Waals surface area contributed by atoms with Gasteiger partial charge in [0.1, 0.15) is 24.2 Å². The van der Waals surface area contributed by atoms with Gasteiger partial charge in [-0.1, -0.05) is 0 Å². The van der Waals surface area contributed by atoms with Gasteiger partial charge < -0.3 is 47.2 Å². The number of carboxylic acid groups (broad SMARTS) is 2. The van der Waals surface area contributed by atoms with Crippen molar-refractivity contribution in [2.75, 3.05) is 13.2 Å². The van der Waals surface area contributed by atoms with E-state index in [4.69, 9.17) is 15.9 Å². The molecule has 0 bridgehead atoms. The highest BCUT2D eigenvalue weighted by Crippen LogP contribution is 1.97. The fourth-order valence-corrected chi connectivity index (χ4v) is 1.79. The van der Waals surface area contributed by atoms with Crippen molar-refractivity contribution in [1.82, 2.24) is 16.0 Å². The van der Waals surface area contributed by atoms with E-state index >= 15 is 0 Å². The molecule has 0 spiro atoms. The van der Waals surface area contributed by atoms with Crippen LogP contribution in [-0.4, -0.2) is 98.7 Å². The van der Waals surface area contributed by atoms with Gasteiger partial charge in [0.05, 0.1) is 25.7 Å². The number of hydrogen-bond donors (Lipinski definition) is 9. The van der Waals surface area contributed by atoms with Crippen LogP contribution in [0.2, 0.25) is 0 Å². The van der Waals surface area contributed by atoms with Crippen LogP contribution in [0, 0.1) is 0 Å². The maximum absolute atomic E-state index is 12.1. The first kappa shape index (κ1) is 25.2. The number of aliphatic hydroxyl groups excluding tert-OH is 3. The Morgan fingerprint density at radius 1 is 0.821 bits per heavy atom. The van der Waals surface area contributed by atoms with Gasteiger partial charge in [-0.25, -0.2) is 4.79 Å². The SMILES string of the molecule is CC(O)C(N)C(=O)NC(CO)C(=O)NC(CO)C(=O)NC(CC(=O)O)C(=O)O. The molecule has 0 saturated heterocycles. The van der Waals surface area contributed by atoms with E-state index in [1.807, 2.05) is 16.0 Å². The Morgan fingerprint density at radius 2 is 1.21 bits per heavy atom. The summed E-state index contributed by atoms with van der Waals surface area (Å²) in [5.74, 6) is -6.44. The van der Waals surface area contributed by atoms with Gasteiger partial charge >= 0.3 is 11.9 Å². The van der Waals surface area contributed by atoms with E-state index in [1.165, 1.54) is 6.92 Å². The molecular formula is C14H24N4O10. The smallest absolute Gasteiger partial charge is 0.326 e. The lowest BCUT2D eigenvalue weighted by Crippen LogP contribution is -2.59.